The predicted octanol–water partition coefficient (Wildman–Crippen LogP) is 2.62. The lowest BCUT2D eigenvalue weighted by molar-refractivity contribution is -0.117. The van der Waals surface area contributed by atoms with Gasteiger partial charge in [-0.25, -0.2) is 0 Å². The first-order chi connectivity index (χ1) is 9.79. The highest BCUT2D eigenvalue weighted by Gasteiger charge is 2.55. The van der Waals surface area contributed by atoms with E-state index in [0.717, 1.165) is 6.42 Å². The lowest BCUT2D eigenvalue weighted by atomic mass is 9.64. The van der Waals surface area contributed by atoms with Crippen LogP contribution >= 0.6 is 11.6 Å². The standard InChI is InChI=1S/C15H27ClO4/c1-17-6-7-18-8-9-19-10-11-20-14-12-13(16)15(14)4-2-3-5-15/h13-14H,2-12H2,1H3. The van der Waals surface area contributed by atoms with Crippen molar-refractivity contribution in [3.05, 3.63) is 0 Å². The molecule has 0 saturated heterocycles. The third-order valence-electron chi connectivity index (χ3n) is 4.57. The Morgan fingerprint density at radius 3 is 2.15 bits per heavy atom. The molecule has 2 atom stereocenters. The van der Waals surface area contributed by atoms with E-state index in [2.05, 4.69) is 0 Å². The number of ether oxygens (including phenoxy) is 4. The number of halogens is 1. The zero-order valence-electron chi connectivity index (χ0n) is 12.4. The van der Waals surface area contributed by atoms with Gasteiger partial charge in [0.25, 0.3) is 0 Å². The molecule has 0 aromatic rings. The molecule has 0 aliphatic heterocycles. The van der Waals surface area contributed by atoms with E-state index in [4.69, 9.17) is 30.5 Å². The fraction of sp³-hybridized carbons (Fsp3) is 1.00. The van der Waals surface area contributed by atoms with Gasteiger partial charge in [0.15, 0.2) is 0 Å². The Balaban J connectivity index is 1.46. The first kappa shape index (κ1) is 16.5. The molecule has 118 valence electrons. The first-order valence-electron chi connectivity index (χ1n) is 7.70. The van der Waals surface area contributed by atoms with Crippen molar-refractivity contribution in [3.63, 3.8) is 0 Å². The lowest BCUT2D eigenvalue weighted by Gasteiger charge is -2.51. The molecule has 2 unspecified atom stereocenters. The molecule has 0 heterocycles. The summed E-state index contributed by atoms with van der Waals surface area (Å²) in [5.74, 6) is 0. The van der Waals surface area contributed by atoms with Crippen LogP contribution in [-0.4, -0.2) is 58.2 Å². The third-order valence-corrected chi connectivity index (χ3v) is 5.18. The Labute approximate surface area is 127 Å². The maximum absolute atomic E-state index is 6.39. The van der Waals surface area contributed by atoms with Gasteiger partial charge in [-0.3, -0.25) is 0 Å². The second-order valence-electron chi connectivity index (χ2n) is 5.72. The maximum atomic E-state index is 6.39. The van der Waals surface area contributed by atoms with E-state index in [1.807, 2.05) is 0 Å². The van der Waals surface area contributed by atoms with Crippen LogP contribution in [0.2, 0.25) is 0 Å². The van der Waals surface area contributed by atoms with Crippen LogP contribution in [0, 0.1) is 5.41 Å². The summed E-state index contributed by atoms with van der Waals surface area (Å²) in [5.41, 5.74) is 0.283. The number of rotatable bonds is 10. The number of alkyl halides is 1. The van der Waals surface area contributed by atoms with Crippen LogP contribution < -0.4 is 0 Å². The van der Waals surface area contributed by atoms with Gasteiger partial charge in [0.05, 0.1) is 45.7 Å². The molecule has 0 bridgehead atoms. The average molecular weight is 307 g/mol. The molecular weight excluding hydrogens is 280 g/mol. The van der Waals surface area contributed by atoms with Gasteiger partial charge in [0, 0.05) is 17.9 Å². The SMILES string of the molecule is COCCOCCOCCOC1CC(Cl)C12CCCC2. The van der Waals surface area contributed by atoms with Crippen molar-refractivity contribution >= 4 is 11.6 Å². The minimum absolute atomic E-state index is 0.283. The lowest BCUT2D eigenvalue weighted by Crippen LogP contribution is -2.54. The van der Waals surface area contributed by atoms with Gasteiger partial charge < -0.3 is 18.9 Å². The Morgan fingerprint density at radius 2 is 1.55 bits per heavy atom. The third kappa shape index (κ3) is 4.08. The van der Waals surface area contributed by atoms with Gasteiger partial charge >= 0.3 is 0 Å². The van der Waals surface area contributed by atoms with Crippen LogP contribution in [-0.2, 0) is 18.9 Å². The molecule has 0 aromatic heterocycles. The van der Waals surface area contributed by atoms with E-state index in [1.54, 1.807) is 7.11 Å². The first-order valence-corrected chi connectivity index (χ1v) is 8.13. The molecule has 0 aromatic carbocycles. The molecule has 20 heavy (non-hydrogen) atoms. The van der Waals surface area contributed by atoms with Crippen LogP contribution in [0.3, 0.4) is 0 Å². The Morgan fingerprint density at radius 1 is 0.950 bits per heavy atom. The van der Waals surface area contributed by atoms with Gasteiger partial charge in [-0.05, 0) is 19.3 Å². The molecule has 0 N–H and O–H groups in total. The van der Waals surface area contributed by atoms with Crippen LogP contribution in [0.5, 0.6) is 0 Å². The van der Waals surface area contributed by atoms with Gasteiger partial charge in [-0.1, -0.05) is 12.8 Å². The zero-order chi connectivity index (χ0) is 14.3. The Kier molecular flexibility index (Phi) is 7.05. The van der Waals surface area contributed by atoms with E-state index in [1.165, 1.54) is 25.7 Å². The van der Waals surface area contributed by atoms with E-state index in [-0.39, 0.29) is 5.41 Å². The van der Waals surface area contributed by atoms with Crippen molar-refractivity contribution in [1.82, 2.24) is 0 Å². The average Bonchev–Trinajstić information content (AvgIpc) is 2.97. The van der Waals surface area contributed by atoms with Crippen LogP contribution in [0.4, 0.5) is 0 Å². The summed E-state index contributed by atoms with van der Waals surface area (Å²) in [4.78, 5) is 0. The molecule has 2 fully saturated rings. The summed E-state index contributed by atoms with van der Waals surface area (Å²) in [7, 11) is 1.67. The van der Waals surface area contributed by atoms with E-state index < -0.39 is 0 Å². The van der Waals surface area contributed by atoms with E-state index >= 15 is 0 Å². The topological polar surface area (TPSA) is 36.9 Å². The van der Waals surface area contributed by atoms with Crippen molar-refractivity contribution < 1.29 is 18.9 Å². The highest BCUT2D eigenvalue weighted by atomic mass is 35.5. The molecule has 2 aliphatic carbocycles. The number of hydrogen-bond donors (Lipinski definition) is 0. The molecule has 0 radical (unpaired) electrons. The van der Waals surface area contributed by atoms with E-state index in [9.17, 15) is 0 Å². The van der Waals surface area contributed by atoms with Crippen LogP contribution in [0.15, 0.2) is 0 Å². The minimum atomic E-state index is 0.283. The van der Waals surface area contributed by atoms with Crippen LogP contribution in [0.25, 0.3) is 0 Å². The minimum Gasteiger partial charge on any atom is -0.382 e. The molecule has 2 aliphatic rings. The summed E-state index contributed by atoms with van der Waals surface area (Å²) in [6, 6.07) is 0. The van der Waals surface area contributed by atoms with Crippen molar-refractivity contribution in [2.75, 3.05) is 46.8 Å². The fourth-order valence-electron chi connectivity index (χ4n) is 3.31. The Hall–Kier alpha value is 0.130. The normalized spacial score (nSPS) is 27.9. The largest absolute Gasteiger partial charge is 0.382 e. The maximum Gasteiger partial charge on any atom is 0.0704 e. The highest BCUT2D eigenvalue weighted by Crippen LogP contribution is 2.57. The van der Waals surface area contributed by atoms with Crippen molar-refractivity contribution in [1.29, 1.82) is 0 Å². The molecule has 0 amide bonds. The molecule has 2 rings (SSSR count). The quantitative estimate of drug-likeness (QED) is 0.459. The van der Waals surface area contributed by atoms with Gasteiger partial charge in [0.1, 0.15) is 0 Å². The van der Waals surface area contributed by atoms with Gasteiger partial charge in [-0.15, -0.1) is 11.6 Å². The summed E-state index contributed by atoms with van der Waals surface area (Å²) < 4.78 is 21.7. The fourth-order valence-corrected chi connectivity index (χ4v) is 3.84. The van der Waals surface area contributed by atoms with Gasteiger partial charge in [-0.2, -0.15) is 0 Å². The van der Waals surface area contributed by atoms with Crippen molar-refractivity contribution in [2.24, 2.45) is 5.41 Å². The highest BCUT2D eigenvalue weighted by molar-refractivity contribution is 6.21. The second kappa shape index (κ2) is 8.54. The number of methoxy groups -OCH3 is 1. The van der Waals surface area contributed by atoms with Crippen LogP contribution in [0.1, 0.15) is 32.1 Å². The van der Waals surface area contributed by atoms with Crippen molar-refractivity contribution in [3.8, 4) is 0 Å². The molecular formula is C15H27ClO4. The molecule has 5 heteroatoms. The Bertz CT molecular complexity index is 269. The zero-order valence-corrected chi connectivity index (χ0v) is 13.2. The smallest absolute Gasteiger partial charge is 0.0704 e. The van der Waals surface area contributed by atoms with Crippen molar-refractivity contribution in [2.45, 2.75) is 43.6 Å². The number of hydrogen-bond acceptors (Lipinski definition) is 4. The summed E-state index contributed by atoms with van der Waals surface area (Å²) >= 11 is 6.39. The molecule has 4 nitrogen and oxygen atoms in total. The monoisotopic (exact) mass is 306 g/mol. The summed E-state index contributed by atoms with van der Waals surface area (Å²) in [6.45, 7) is 3.77. The van der Waals surface area contributed by atoms with Gasteiger partial charge in [0.2, 0.25) is 0 Å². The molecule has 2 saturated carbocycles. The molecule has 1 spiro atoms. The second-order valence-corrected chi connectivity index (χ2v) is 6.25. The van der Waals surface area contributed by atoms with E-state index in [0.29, 0.717) is 51.1 Å². The summed E-state index contributed by atoms with van der Waals surface area (Å²) in [5, 5.41) is 0.324. The summed E-state index contributed by atoms with van der Waals surface area (Å²) in [6.07, 6.45) is 6.44. The predicted molar refractivity (Wildman–Crippen MR) is 78.4 cm³/mol.